The number of ketones is 1. The van der Waals surface area contributed by atoms with Crippen molar-refractivity contribution in [2.75, 3.05) is 7.11 Å². The van der Waals surface area contributed by atoms with E-state index in [-0.39, 0.29) is 11.4 Å². The van der Waals surface area contributed by atoms with Crippen LogP contribution in [0, 0.1) is 0 Å². The summed E-state index contributed by atoms with van der Waals surface area (Å²) >= 11 is 0. The van der Waals surface area contributed by atoms with E-state index in [2.05, 4.69) is 10.2 Å². The molecule has 1 atom stereocenters. The molecule has 0 fully saturated rings. The molecule has 0 aliphatic carbocycles. The number of aliphatic hydroxyl groups is 1. The molecule has 1 aromatic carbocycles. The number of nitrogens with zero attached hydrogens (tertiary/aromatic N) is 1. The molecule has 22 heavy (non-hydrogen) atoms. The number of ether oxygens (including phenoxy) is 1. The number of aliphatic hydroxyl groups excluding tert-OH is 1. The molecule has 6 heteroatoms. The van der Waals surface area contributed by atoms with Gasteiger partial charge in [0.2, 0.25) is 0 Å². The number of carbonyl (C=O) groups excluding carboxylic acids is 1. The second-order valence-corrected chi connectivity index (χ2v) is 4.65. The van der Waals surface area contributed by atoms with E-state index in [9.17, 15) is 14.7 Å². The number of H-pyrrole nitrogens is 1. The van der Waals surface area contributed by atoms with Gasteiger partial charge < -0.3 is 9.84 Å². The minimum absolute atomic E-state index is 0.0482. The molecule has 0 spiro atoms. The number of hydrogen-bond donors (Lipinski definition) is 2. The lowest BCUT2D eigenvalue weighted by molar-refractivity contribution is -0.118. The molecule has 0 aliphatic rings. The van der Waals surface area contributed by atoms with E-state index in [1.807, 2.05) is 30.3 Å². The molecular formula is C16H16N2O4. The van der Waals surface area contributed by atoms with Crippen molar-refractivity contribution in [2.24, 2.45) is 0 Å². The van der Waals surface area contributed by atoms with Crippen LogP contribution in [0.2, 0.25) is 0 Å². The zero-order valence-electron chi connectivity index (χ0n) is 12.2. The van der Waals surface area contributed by atoms with Gasteiger partial charge in [-0.3, -0.25) is 9.59 Å². The smallest absolute Gasteiger partial charge is 0.264 e. The molecule has 1 aromatic heterocycles. The first-order chi connectivity index (χ1) is 10.5. The van der Waals surface area contributed by atoms with E-state index >= 15 is 0 Å². The number of benzene rings is 1. The Morgan fingerprint density at radius 1 is 1.36 bits per heavy atom. The first-order valence-corrected chi connectivity index (χ1v) is 6.61. The Balaban J connectivity index is 2.61. The number of carbonyl (C=O) groups is 1. The van der Waals surface area contributed by atoms with Gasteiger partial charge in [-0.1, -0.05) is 30.3 Å². The first-order valence-electron chi connectivity index (χ1n) is 6.61. The number of aromatic amines is 1. The first kappa shape index (κ1) is 15.8. The average Bonchev–Trinajstić information content (AvgIpc) is 2.52. The summed E-state index contributed by atoms with van der Waals surface area (Å²) in [4.78, 5) is 23.2. The molecule has 0 bridgehead atoms. The van der Waals surface area contributed by atoms with Crippen molar-refractivity contribution in [3.8, 4) is 11.3 Å². The monoisotopic (exact) mass is 300 g/mol. The number of nitrogens with one attached hydrogen (secondary N) is 1. The molecule has 1 heterocycles. The van der Waals surface area contributed by atoms with E-state index in [1.54, 1.807) is 0 Å². The predicted molar refractivity (Wildman–Crippen MR) is 82.0 cm³/mol. The lowest BCUT2D eigenvalue weighted by atomic mass is 10.0. The van der Waals surface area contributed by atoms with Gasteiger partial charge in [0.15, 0.2) is 12.1 Å². The second kappa shape index (κ2) is 6.93. The van der Waals surface area contributed by atoms with Crippen molar-refractivity contribution in [2.45, 2.75) is 13.2 Å². The Morgan fingerprint density at radius 2 is 2.05 bits per heavy atom. The number of aromatic nitrogens is 2. The maximum absolute atomic E-state index is 11.7. The molecule has 1 unspecified atom stereocenters. The quantitative estimate of drug-likeness (QED) is 0.643. The SMILES string of the molecule is COC(O)/C(=C\c1cc(=O)[nH]nc1-c1ccccc1)C(C)=O. The van der Waals surface area contributed by atoms with E-state index in [1.165, 1.54) is 26.2 Å². The fraction of sp³-hybridized carbons (Fsp3) is 0.188. The lowest BCUT2D eigenvalue weighted by Crippen LogP contribution is -2.18. The number of hydrogen-bond acceptors (Lipinski definition) is 5. The summed E-state index contributed by atoms with van der Waals surface area (Å²) in [6.45, 7) is 1.32. The zero-order valence-corrected chi connectivity index (χ0v) is 12.2. The van der Waals surface area contributed by atoms with E-state index in [0.29, 0.717) is 11.3 Å². The average molecular weight is 300 g/mol. The van der Waals surface area contributed by atoms with Crippen molar-refractivity contribution in [3.63, 3.8) is 0 Å². The van der Waals surface area contributed by atoms with E-state index < -0.39 is 11.8 Å². The Labute approximate surface area is 127 Å². The molecular weight excluding hydrogens is 284 g/mol. The molecule has 0 saturated carbocycles. The molecule has 0 amide bonds. The van der Waals surface area contributed by atoms with Crippen LogP contribution in [0.15, 0.2) is 46.8 Å². The van der Waals surface area contributed by atoms with Crippen LogP contribution < -0.4 is 5.56 Å². The third-order valence-corrected chi connectivity index (χ3v) is 3.09. The fourth-order valence-electron chi connectivity index (χ4n) is 2.00. The normalized spacial score (nSPS) is 13.0. The van der Waals surface area contributed by atoms with Gasteiger partial charge in [-0.25, -0.2) is 5.10 Å². The predicted octanol–water partition coefficient (Wildman–Crippen LogP) is 1.37. The van der Waals surface area contributed by atoms with Crippen molar-refractivity contribution >= 4 is 11.9 Å². The lowest BCUT2D eigenvalue weighted by Gasteiger charge is -2.11. The van der Waals surface area contributed by atoms with Crippen molar-refractivity contribution in [1.29, 1.82) is 0 Å². The Kier molecular flexibility index (Phi) is 4.98. The van der Waals surface area contributed by atoms with Crippen LogP contribution in [0.25, 0.3) is 17.3 Å². The minimum atomic E-state index is -1.36. The second-order valence-electron chi connectivity index (χ2n) is 4.65. The minimum Gasteiger partial charge on any atom is -0.364 e. The largest absolute Gasteiger partial charge is 0.364 e. The number of methoxy groups -OCH3 is 1. The van der Waals surface area contributed by atoms with Gasteiger partial charge in [-0.15, -0.1) is 0 Å². The molecule has 2 N–H and O–H groups in total. The summed E-state index contributed by atoms with van der Waals surface area (Å²) in [5.41, 5.74) is 1.35. The summed E-state index contributed by atoms with van der Waals surface area (Å²) < 4.78 is 4.78. The molecule has 114 valence electrons. The highest BCUT2D eigenvalue weighted by molar-refractivity contribution is 5.99. The third-order valence-electron chi connectivity index (χ3n) is 3.09. The molecule has 6 nitrogen and oxygen atoms in total. The summed E-state index contributed by atoms with van der Waals surface area (Å²) in [5.74, 6) is -0.353. The summed E-state index contributed by atoms with van der Waals surface area (Å²) in [5, 5.41) is 16.2. The maximum Gasteiger partial charge on any atom is 0.264 e. The van der Waals surface area contributed by atoms with Gasteiger partial charge in [0.1, 0.15) is 0 Å². The summed E-state index contributed by atoms with van der Waals surface area (Å²) in [6.07, 6.45) is 0.0570. The van der Waals surface area contributed by atoms with E-state index in [4.69, 9.17) is 4.74 Å². The van der Waals surface area contributed by atoms with Crippen LogP contribution in [0.3, 0.4) is 0 Å². The fourth-order valence-corrected chi connectivity index (χ4v) is 2.00. The van der Waals surface area contributed by atoms with Crippen LogP contribution >= 0.6 is 0 Å². The summed E-state index contributed by atoms with van der Waals surface area (Å²) in [6, 6.07) is 10.5. The van der Waals surface area contributed by atoms with Gasteiger partial charge in [0.05, 0.1) is 11.3 Å². The number of Topliss-reactive ketones (excluding diaryl/α,β-unsaturated/α-hetero) is 1. The van der Waals surface area contributed by atoms with Crippen LogP contribution in [0.4, 0.5) is 0 Å². The van der Waals surface area contributed by atoms with Gasteiger partial charge in [0, 0.05) is 24.3 Å². The van der Waals surface area contributed by atoms with Crippen LogP contribution in [-0.4, -0.2) is 34.5 Å². The molecule has 0 saturated heterocycles. The van der Waals surface area contributed by atoms with Crippen LogP contribution in [-0.2, 0) is 9.53 Å². The van der Waals surface area contributed by atoms with Gasteiger partial charge >= 0.3 is 0 Å². The highest BCUT2D eigenvalue weighted by Crippen LogP contribution is 2.22. The van der Waals surface area contributed by atoms with Crippen LogP contribution in [0.5, 0.6) is 0 Å². The van der Waals surface area contributed by atoms with Gasteiger partial charge in [-0.2, -0.15) is 5.10 Å². The molecule has 0 radical (unpaired) electrons. The highest BCUT2D eigenvalue weighted by atomic mass is 16.6. The third kappa shape index (κ3) is 3.55. The van der Waals surface area contributed by atoms with E-state index in [0.717, 1.165) is 5.56 Å². The number of rotatable bonds is 5. The Morgan fingerprint density at radius 3 is 2.64 bits per heavy atom. The van der Waals surface area contributed by atoms with Crippen molar-refractivity contribution < 1.29 is 14.6 Å². The van der Waals surface area contributed by atoms with Crippen molar-refractivity contribution in [1.82, 2.24) is 10.2 Å². The van der Waals surface area contributed by atoms with Crippen LogP contribution in [0.1, 0.15) is 12.5 Å². The van der Waals surface area contributed by atoms with Gasteiger partial charge in [-0.05, 0) is 13.0 Å². The Hall–Kier alpha value is -2.57. The standard InChI is InChI=1S/C16H16N2O4/c1-10(19)13(16(21)22-2)8-12-9-14(20)17-18-15(12)11-6-4-3-5-7-11/h3-9,16,21H,1-2H3,(H,17,20)/b13-8-. The Bertz CT molecular complexity index is 750. The topological polar surface area (TPSA) is 92.3 Å². The highest BCUT2D eigenvalue weighted by Gasteiger charge is 2.16. The molecule has 2 aromatic rings. The molecule has 2 rings (SSSR count). The maximum atomic E-state index is 11.7. The van der Waals surface area contributed by atoms with Gasteiger partial charge in [0.25, 0.3) is 5.56 Å². The zero-order chi connectivity index (χ0) is 16.1. The van der Waals surface area contributed by atoms with Crippen molar-refractivity contribution in [3.05, 3.63) is 57.9 Å². The molecule has 0 aliphatic heterocycles. The summed E-state index contributed by atoms with van der Waals surface area (Å²) in [7, 11) is 1.29.